The number of aliphatic hydroxyl groups is 1. The summed E-state index contributed by atoms with van der Waals surface area (Å²) in [7, 11) is 0. The molecule has 1 aliphatic rings. The van der Waals surface area contributed by atoms with E-state index in [0.29, 0.717) is 0 Å². The Hall–Kier alpha value is -0.570. The van der Waals surface area contributed by atoms with Crippen molar-refractivity contribution in [3.05, 3.63) is 0 Å². The molecule has 0 aromatic carbocycles. The van der Waals surface area contributed by atoms with Gasteiger partial charge in [-0.2, -0.15) is 0 Å². The quantitative estimate of drug-likeness (QED) is 0.620. The average Bonchev–Trinajstić information content (AvgIpc) is 2.65. The van der Waals surface area contributed by atoms with Gasteiger partial charge in [-0.1, -0.05) is 45.4 Å². The van der Waals surface area contributed by atoms with Crippen molar-refractivity contribution >= 4 is 5.97 Å². The lowest BCUT2D eigenvalue weighted by molar-refractivity contribution is -0.138. The molecule has 3 heteroatoms. The Balaban J connectivity index is 2.19. The van der Waals surface area contributed by atoms with Crippen molar-refractivity contribution in [3.8, 4) is 0 Å². The number of hydrogen-bond acceptors (Lipinski definition) is 2. The molecule has 1 aliphatic carbocycles. The fourth-order valence-electron chi connectivity index (χ4n) is 3.19. The van der Waals surface area contributed by atoms with Crippen molar-refractivity contribution in [1.82, 2.24) is 0 Å². The second-order valence-corrected chi connectivity index (χ2v) is 5.72. The van der Waals surface area contributed by atoms with Gasteiger partial charge in [0.2, 0.25) is 0 Å². The van der Waals surface area contributed by atoms with Gasteiger partial charge in [-0.3, -0.25) is 4.79 Å². The van der Waals surface area contributed by atoms with E-state index in [-0.39, 0.29) is 24.4 Å². The number of carboxylic acid groups (broad SMARTS) is 1. The minimum absolute atomic E-state index is 0.202. The molecule has 0 spiro atoms. The minimum Gasteiger partial charge on any atom is -0.481 e. The summed E-state index contributed by atoms with van der Waals surface area (Å²) in [4.78, 5) is 10.8. The number of carbonyl (C=O) groups is 1. The van der Waals surface area contributed by atoms with Crippen LogP contribution in [0.1, 0.15) is 71.1 Å². The van der Waals surface area contributed by atoms with E-state index in [1.54, 1.807) is 0 Å². The third-order valence-corrected chi connectivity index (χ3v) is 4.26. The molecule has 0 radical (unpaired) electrons. The highest BCUT2D eigenvalue weighted by atomic mass is 16.4. The van der Waals surface area contributed by atoms with E-state index in [4.69, 9.17) is 5.11 Å². The second-order valence-electron chi connectivity index (χ2n) is 5.72. The fourth-order valence-corrected chi connectivity index (χ4v) is 3.19. The monoisotopic (exact) mass is 256 g/mol. The Bertz CT molecular complexity index is 240. The van der Waals surface area contributed by atoms with E-state index < -0.39 is 5.97 Å². The molecule has 3 unspecified atom stereocenters. The number of rotatable bonds is 9. The van der Waals surface area contributed by atoms with Gasteiger partial charge in [0.15, 0.2) is 0 Å². The van der Waals surface area contributed by atoms with Crippen LogP contribution in [0.2, 0.25) is 0 Å². The van der Waals surface area contributed by atoms with E-state index in [1.807, 2.05) is 0 Å². The van der Waals surface area contributed by atoms with Crippen LogP contribution >= 0.6 is 0 Å². The zero-order chi connectivity index (χ0) is 13.4. The van der Waals surface area contributed by atoms with Crippen LogP contribution < -0.4 is 0 Å². The largest absolute Gasteiger partial charge is 0.481 e. The maximum absolute atomic E-state index is 10.8. The lowest BCUT2D eigenvalue weighted by atomic mass is 9.87. The summed E-state index contributed by atoms with van der Waals surface area (Å²) in [5.41, 5.74) is 0. The molecular weight excluding hydrogens is 228 g/mol. The summed E-state index contributed by atoms with van der Waals surface area (Å²) in [5.74, 6) is -0.289. The number of aliphatic hydroxyl groups excluding tert-OH is 1. The molecule has 0 heterocycles. The second kappa shape index (κ2) is 8.52. The van der Waals surface area contributed by atoms with Crippen LogP contribution in [0.3, 0.4) is 0 Å². The predicted octanol–water partition coefficient (Wildman–Crippen LogP) is 3.60. The van der Waals surface area contributed by atoms with Gasteiger partial charge in [-0.25, -0.2) is 0 Å². The van der Waals surface area contributed by atoms with Gasteiger partial charge in [0.05, 0.1) is 6.10 Å². The predicted molar refractivity (Wildman–Crippen MR) is 72.5 cm³/mol. The van der Waals surface area contributed by atoms with Crippen molar-refractivity contribution in [2.45, 2.75) is 77.2 Å². The standard InChI is InChI=1S/C15H28O3/c1-2-3-4-5-6-7-8-13-12(11-15(17)18)9-10-14(13)16/h12-14,16H,2-11H2,1H3,(H,17,18). The molecule has 0 amide bonds. The van der Waals surface area contributed by atoms with Crippen LogP contribution in [0.25, 0.3) is 0 Å². The summed E-state index contributed by atoms with van der Waals surface area (Å²) in [6, 6.07) is 0. The number of hydrogen-bond donors (Lipinski definition) is 2. The maximum Gasteiger partial charge on any atom is 0.303 e. The third-order valence-electron chi connectivity index (χ3n) is 4.26. The van der Waals surface area contributed by atoms with Crippen LogP contribution in [-0.2, 0) is 4.79 Å². The summed E-state index contributed by atoms with van der Waals surface area (Å²) < 4.78 is 0. The first-order chi connectivity index (χ1) is 8.65. The minimum atomic E-state index is -0.720. The first kappa shape index (κ1) is 15.5. The summed E-state index contributed by atoms with van der Waals surface area (Å²) in [6.07, 6.45) is 10.2. The van der Waals surface area contributed by atoms with E-state index in [9.17, 15) is 9.90 Å². The molecular formula is C15H28O3. The first-order valence-corrected chi connectivity index (χ1v) is 7.55. The third kappa shape index (κ3) is 5.38. The normalized spacial score (nSPS) is 27.6. The molecule has 106 valence electrons. The van der Waals surface area contributed by atoms with Crippen molar-refractivity contribution in [1.29, 1.82) is 0 Å². The van der Waals surface area contributed by atoms with Crippen molar-refractivity contribution in [2.24, 2.45) is 11.8 Å². The maximum atomic E-state index is 10.8. The molecule has 0 aromatic rings. The van der Waals surface area contributed by atoms with Crippen LogP contribution in [0.5, 0.6) is 0 Å². The molecule has 1 fully saturated rings. The molecule has 1 rings (SSSR count). The van der Waals surface area contributed by atoms with Gasteiger partial charge in [-0.15, -0.1) is 0 Å². The van der Waals surface area contributed by atoms with Crippen LogP contribution in [0.4, 0.5) is 0 Å². The van der Waals surface area contributed by atoms with Crippen LogP contribution in [0, 0.1) is 11.8 Å². The SMILES string of the molecule is CCCCCCCCC1C(O)CCC1CC(=O)O. The van der Waals surface area contributed by atoms with Gasteiger partial charge in [0, 0.05) is 6.42 Å². The van der Waals surface area contributed by atoms with Crippen LogP contribution in [-0.4, -0.2) is 22.3 Å². The average molecular weight is 256 g/mol. The summed E-state index contributed by atoms with van der Waals surface area (Å²) in [6.45, 7) is 2.21. The lowest BCUT2D eigenvalue weighted by Crippen LogP contribution is -2.21. The molecule has 2 N–H and O–H groups in total. The topological polar surface area (TPSA) is 57.5 Å². The Morgan fingerprint density at radius 1 is 1.11 bits per heavy atom. The Kier molecular flexibility index (Phi) is 7.33. The number of aliphatic carboxylic acids is 1. The van der Waals surface area contributed by atoms with Crippen LogP contribution in [0.15, 0.2) is 0 Å². The van der Waals surface area contributed by atoms with Gasteiger partial charge >= 0.3 is 5.97 Å². The Morgan fingerprint density at radius 3 is 2.44 bits per heavy atom. The Morgan fingerprint density at radius 2 is 1.78 bits per heavy atom. The molecule has 0 saturated heterocycles. The first-order valence-electron chi connectivity index (χ1n) is 7.55. The summed E-state index contributed by atoms with van der Waals surface area (Å²) in [5, 5.41) is 18.8. The highest BCUT2D eigenvalue weighted by molar-refractivity contribution is 5.67. The highest BCUT2D eigenvalue weighted by Crippen LogP contribution is 2.37. The van der Waals surface area contributed by atoms with E-state index in [1.165, 1.54) is 32.1 Å². The van der Waals surface area contributed by atoms with Crippen molar-refractivity contribution < 1.29 is 15.0 Å². The smallest absolute Gasteiger partial charge is 0.303 e. The van der Waals surface area contributed by atoms with Crippen molar-refractivity contribution in [3.63, 3.8) is 0 Å². The molecule has 3 nitrogen and oxygen atoms in total. The highest BCUT2D eigenvalue weighted by Gasteiger charge is 2.35. The molecule has 18 heavy (non-hydrogen) atoms. The molecule has 1 saturated carbocycles. The van der Waals surface area contributed by atoms with Gasteiger partial charge in [-0.05, 0) is 31.1 Å². The van der Waals surface area contributed by atoms with Gasteiger partial charge in [0.1, 0.15) is 0 Å². The zero-order valence-corrected chi connectivity index (χ0v) is 11.6. The number of unbranched alkanes of at least 4 members (excludes halogenated alkanes) is 5. The Labute approximate surface area is 111 Å². The summed E-state index contributed by atoms with van der Waals surface area (Å²) >= 11 is 0. The molecule has 0 aliphatic heterocycles. The van der Waals surface area contributed by atoms with Crippen molar-refractivity contribution in [2.75, 3.05) is 0 Å². The molecule has 0 bridgehead atoms. The van der Waals surface area contributed by atoms with Gasteiger partial charge < -0.3 is 10.2 Å². The van der Waals surface area contributed by atoms with E-state index in [2.05, 4.69) is 6.92 Å². The number of carboxylic acids is 1. The molecule has 3 atom stereocenters. The fraction of sp³-hybridized carbons (Fsp3) is 0.933. The van der Waals surface area contributed by atoms with E-state index >= 15 is 0 Å². The van der Waals surface area contributed by atoms with Gasteiger partial charge in [0.25, 0.3) is 0 Å². The zero-order valence-electron chi connectivity index (χ0n) is 11.6. The lowest BCUT2D eigenvalue weighted by Gasteiger charge is -2.20. The van der Waals surface area contributed by atoms with E-state index in [0.717, 1.165) is 25.7 Å². The molecule has 0 aromatic heterocycles.